The van der Waals surface area contributed by atoms with Gasteiger partial charge in [0.25, 0.3) is 0 Å². The molecule has 80 valence electrons. The normalized spacial score (nSPS) is 11.1. The number of aromatic nitrogens is 6. The Kier molecular flexibility index (Phi) is 2.15. The Hall–Kier alpha value is -1.47. The molecule has 1 N–H and O–H groups in total. The molecule has 3 aromatic rings. The van der Waals surface area contributed by atoms with Crippen LogP contribution in [0.4, 0.5) is 0 Å². The van der Waals surface area contributed by atoms with Crippen molar-refractivity contribution in [3.8, 4) is 5.82 Å². The zero-order valence-electron chi connectivity index (χ0n) is 7.72. The molecule has 0 atom stereocenters. The first kappa shape index (κ1) is 9.73. The van der Waals surface area contributed by atoms with E-state index in [2.05, 4.69) is 41.0 Å². The van der Waals surface area contributed by atoms with E-state index >= 15 is 0 Å². The van der Waals surface area contributed by atoms with Crippen LogP contribution < -0.4 is 0 Å². The summed E-state index contributed by atoms with van der Waals surface area (Å²) in [6, 6.07) is 1.80. The highest BCUT2D eigenvalue weighted by atomic mass is 79.9. The van der Waals surface area contributed by atoms with E-state index in [0.717, 1.165) is 0 Å². The lowest BCUT2D eigenvalue weighted by Gasteiger charge is -2.00. The average Bonchev–Trinajstić information content (AvgIpc) is 2.84. The van der Waals surface area contributed by atoms with E-state index in [-0.39, 0.29) is 5.28 Å². The summed E-state index contributed by atoms with van der Waals surface area (Å²) >= 11 is 9.08. The van der Waals surface area contributed by atoms with Crippen molar-refractivity contribution in [2.75, 3.05) is 0 Å². The minimum atomic E-state index is 0.151. The standard InChI is InChI=1S/C8H4BrClN6/c9-4-1-2-16(15-4)7-5-6(12-3-11-5)13-8(10)14-7/h1-3H,(H,11,12,13,14). The number of imidazole rings is 1. The lowest BCUT2D eigenvalue weighted by molar-refractivity contribution is 0.840. The molecule has 0 saturated heterocycles. The molecule has 0 aromatic carbocycles. The van der Waals surface area contributed by atoms with Crippen molar-refractivity contribution in [1.82, 2.24) is 29.7 Å². The third-order valence-corrected chi connectivity index (χ3v) is 2.60. The third-order valence-electron chi connectivity index (χ3n) is 2.01. The van der Waals surface area contributed by atoms with Gasteiger partial charge in [0.15, 0.2) is 17.0 Å². The SMILES string of the molecule is Clc1nc(-n2ccc(Br)n2)c2nc[nH]c2n1. The molecule has 0 unspecified atom stereocenters. The van der Waals surface area contributed by atoms with Crippen LogP contribution in [0.3, 0.4) is 0 Å². The summed E-state index contributed by atoms with van der Waals surface area (Å²) < 4.78 is 2.30. The molecule has 0 spiro atoms. The maximum absolute atomic E-state index is 5.81. The van der Waals surface area contributed by atoms with Crippen molar-refractivity contribution in [2.24, 2.45) is 0 Å². The Bertz CT molecular complexity index is 659. The number of nitrogens with zero attached hydrogens (tertiary/aromatic N) is 5. The summed E-state index contributed by atoms with van der Waals surface area (Å²) in [6.07, 6.45) is 3.30. The van der Waals surface area contributed by atoms with Gasteiger partial charge in [0.1, 0.15) is 4.60 Å². The first-order valence-electron chi connectivity index (χ1n) is 4.32. The van der Waals surface area contributed by atoms with E-state index < -0.39 is 0 Å². The van der Waals surface area contributed by atoms with Gasteiger partial charge < -0.3 is 4.98 Å². The number of fused-ring (bicyclic) bond motifs is 1. The van der Waals surface area contributed by atoms with Crippen LogP contribution in [-0.2, 0) is 0 Å². The number of nitrogens with one attached hydrogen (secondary N) is 1. The van der Waals surface area contributed by atoms with Crippen molar-refractivity contribution < 1.29 is 0 Å². The lowest BCUT2D eigenvalue weighted by atomic mass is 10.5. The van der Waals surface area contributed by atoms with Gasteiger partial charge in [-0.05, 0) is 33.6 Å². The van der Waals surface area contributed by atoms with Gasteiger partial charge in [-0.25, -0.2) is 9.67 Å². The number of hydrogen-bond donors (Lipinski definition) is 1. The van der Waals surface area contributed by atoms with E-state index in [0.29, 0.717) is 21.6 Å². The Labute approximate surface area is 103 Å². The van der Waals surface area contributed by atoms with Gasteiger partial charge in [0.2, 0.25) is 5.28 Å². The Morgan fingerprint density at radius 3 is 3.00 bits per heavy atom. The highest BCUT2D eigenvalue weighted by Crippen LogP contribution is 2.18. The van der Waals surface area contributed by atoms with E-state index in [9.17, 15) is 0 Å². The molecule has 3 aromatic heterocycles. The zero-order valence-corrected chi connectivity index (χ0v) is 10.1. The molecule has 0 aliphatic rings. The molecule has 0 aliphatic heterocycles. The van der Waals surface area contributed by atoms with Gasteiger partial charge >= 0.3 is 0 Å². The number of aromatic amines is 1. The van der Waals surface area contributed by atoms with E-state index in [1.54, 1.807) is 16.9 Å². The minimum absolute atomic E-state index is 0.151. The Balaban J connectivity index is 2.33. The van der Waals surface area contributed by atoms with Crippen molar-refractivity contribution in [2.45, 2.75) is 0 Å². The molecule has 0 fully saturated rings. The molecular weight excluding hydrogens is 295 g/mol. The van der Waals surface area contributed by atoms with Crippen molar-refractivity contribution in [3.63, 3.8) is 0 Å². The maximum Gasteiger partial charge on any atom is 0.226 e. The van der Waals surface area contributed by atoms with Crippen LogP contribution in [0.15, 0.2) is 23.2 Å². The molecule has 0 amide bonds. The van der Waals surface area contributed by atoms with Crippen molar-refractivity contribution in [3.05, 3.63) is 28.5 Å². The first-order valence-corrected chi connectivity index (χ1v) is 5.49. The van der Waals surface area contributed by atoms with Crippen LogP contribution in [-0.4, -0.2) is 29.7 Å². The van der Waals surface area contributed by atoms with Gasteiger partial charge in [-0.1, -0.05) is 0 Å². The van der Waals surface area contributed by atoms with Crippen LogP contribution in [0.25, 0.3) is 17.0 Å². The van der Waals surface area contributed by atoms with Crippen molar-refractivity contribution in [1.29, 1.82) is 0 Å². The molecule has 0 radical (unpaired) electrons. The number of H-pyrrole nitrogens is 1. The topological polar surface area (TPSA) is 72.3 Å². The van der Waals surface area contributed by atoms with Crippen LogP contribution >= 0.6 is 27.5 Å². The van der Waals surface area contributed by atoms with E-state index in [1.165, 1.54) is 6.33 Å². The monoisotopic (exact) mass is 298 g/mol. The Morgan fingerprint density at radius 2 is 2.25 bits per heavy atom. The van der Waals surface area contributed by atoms with E-state index in [4.69, 9.17) is 11.6 Å². The summed E-state index contributed by atoms with van der Waals surface area (Å²) in [5.74, 6) is 0.543. The molecule has 8 heteroatoms. The first-order chi connectivity index (χ1) is 7.74. The molecule has 0 saturated carbocycles. The zero-order chi connectivity index (χ0) is 11.1. The fourth-order valence-corrected chi connectivity index (χ4v) is 1.83. The fourth-order valence-electron chi connectivity index (χ4n) is 1.37. The second-order valence-corrected chi connectivity index (χ2v) is 4.15. The summed E-state index contributed by atoms with van der Waals surface area (Å²) in [5, 5.41) is 4.33. The maximum atomic E-state index is 5.81. The summed E-state index contributed by atoms with van der Waals surface area (Å²) in [4.78, 5) is 15.1. The predicted octanol–water partition coefficient (Wildman–Crippen LogP) is 1.95. The third kappa shape index (κ3) is 1.48. The Morgan fingerprint density at radius 1 is 1.38 bits per heavy atom. The summed E-state index contributed by atoms with van der Waals surface area (Å²) in [7, 11) is 0. The highest BCUT2D eigenvalue weighted by molar-refractivity contribution is 9.10. The quantitative estimate of drug-likeness (QED) is 0.697. The molecular formula is C8H4BrClN6. The number of hydrogen-bond acceptors (Lipinski definition) is 4. The van der Waals surface area contributed by atoms with Gasteiger partial charge in [0.05, 0.1) is 6.33 Å². The van der Waals surface area contributed by atoms with Crippen LogP contribution in [0.1, 0.15) is 0 Å². The van der Waals surface area contributed by atoms with Gasteiger partial charge in [-0.3, -0.25) is 0 Å². The summed E-state index contributed by atoms with van der Waals surface area (Å²) in [5.41, 5.74) is 1.21. The lowest BCUT2D eigenvalue weighted by Crippen LogP contribution is -2.01. The number of halogens is 2. The molecule has 6 nitrogen and oxygen atoms in total. The molecule has 3 rings (SSSR count). The van der Waals surface area contributed by atoms with Gasteiger partial charge in [-0.15, -0.1) is 0 Å². The minimum Gasteiger partial charge on any atom is -0.329 e. The smallest absolute Gasteiger partial charge is 0.226 e. The van der Waals surface area contributed by atoms with Crippen LogP contribution in [0.2, 0.25) is 5.28 Å². The highest BCUT2D eigenvalue weighted by Gasteiger charge is 2.11. The fraction of sp³-hybridized carbons (Fsp3) is 0. The molecule has 16 heavy (non-hydrogen) atoms. The van der Waals surface area contributed by atoms with E-state index in [1.807, 2.05) is 0 Å². The average molecular weight is 300 g/mol. The molecule has 0 aliphatic carbocycles. The molecule has 0 bridgehead atoms. The van der Waals surface area contributed by atoms with Crippen LogP contribution in [0, 0.1) is 0 Å². The number of rotatable bonds is 1. The predicted molar refractivity (Wildman–Crippen MR) is 61.5 cm³/mol. The van der Waals surface area contributed by atoms with Gasteiger partial charge in [0, 0.05) is 6.20 Å². The summed E-state index contributed by atoms with van der Waals surface area (Å²) in [6.45, 7) is 0. The second-order valence-electron chi connectivity index (χ2n) is 3.00. The van der Waals surface area contributed by atoms with Gasteiger partial charge in [-0.2, -0.15) is 15.1 Å². The molecule has 3 heterocycles. The van der Waals surface area contributed by atoms with Crippen LogP contribution in [0.5, 0.6) is 0 Å². The van der Waals surface area contributed by atoms with Crippen molar-refractivity contribution >= 4 is 38.7 Å². The largest absolute Gasteiger partial charge is 0.329 e. The second kappa shape index (κ2) is 3.53.